The van der Waals surface area contributed by atoms with E-state index in [2.05, 4.69) is 30.5 Å². The summed E-state index contributed by atoms with van der Waals surface area (Å²) in [5.74, 6) is -1.40. The van der Waals surface area contributed by atoms with E-state index >= 15 is 0 Å². The fraction of sp³-hybridized carbons (Fsp3) is 0.795. The third-order valence-corrected chi connectivity index (χ3v) is 9.41. The second kappa shape index (κ2) is 30.4. The van der Waals surface area contributed by atoms with Gasteiger partial charge in [0.1, 0.15) is 6.61 Å². The minimum absolute atomic E-state index is 0.0712. The van der Waals surface area contributed by atoms with Gasteiger partial charge < -0.3 is 39.3 Å². The predicted molar refractivity (Wildman–Crippen MR) is 201 cm³/mol. The summed E-state index contributed by atoms with van der Waals surface area (Å²) in [6, 6.07) is 0. The van der Waals surface area contributed by atoms with Crippen LogP contribution >= 0.6 is 7.82 Å². The lowest BCUT2D eigenvalue weighted by Gasteiger charge is -2.36. The third-order valence-electron chi connectivity index (χ3n) is 8.93. The number of carbonyl (C=O) groups excluding carboxylic acids is 2. The lowest BCUT2D eigenvalue weighted by molar-refractivity contribution is -0.199. The molecule has 0 aliphatic carbocycles. The lowest BCUT2D eigenvalue weighted by Crippen LogP contribution is -2.43. The van der Waals surface area contributed by atoms with Crippen molar-refractivity contribution < 1.29 is 58.0 Å². The number of ether oxygens (including phenoxy) is 3. The first kappa shape index (κ1) is 48.1. The van der Waals surface area contributed by atoms with Gasteiger partial charge in [0.15, 0.2) is 12.4 Å². The highest BCUT2D eigenvalue weighted by molar-refractivity contribution is 7.46. The zero-order chi connectivity index (χ0) is 38.5. The molecule has 13 heteroatoms. The van der Waals surface area contributed by atoms with Crippen LogP contribution in [0.25, 0.3) is 0 Å². The highest BCUT2D eigenvalue weighted by Crippen LogP contribution is 2.36. The number of carbonyl (C=O) groups is 2. The fourth-order valence-electron chi connectivity index (χ4n) is 5.88. The summed E-state index contributed by atoms with van der Waals surface area (Å²) in [6.07, 6.45) is 24.9. The number of unbranched alkanes of at least 4 members (excludes halogenated alkanes) is 12. The van der Waals surface area contributed by atoms with Crippen molar-refractivity contribution in [2.75, 3.05) is 13.2 Å². The minimum Gasteiger partial charge on any atom is -0.462 e. The van der Waals surface area contributed by atoms with Crippen LogP contribution in [-0.4, -0.2) is 81.0 Å². The van der Waals surface area contributed by atoms with Crippen molar-refractivity contribution in [2.45, 2.75) is 179 Å². The van der Waals surface area contributed by atoms with Crippen LogP contribution in [0.3, 0.4) is 0 Å². The lowest BCUT2D eigenvalue weighted by atomic mass is 9.87. The van der Waals surface area contributed by atoms with Gasteiger partial charge in [0.2, 0.25) is 0 Å². The van der Waals surface area contributed by atoms with Crippen molar-refractivity contribution in [2.24, 2.45) is 5.92 Å². The average molecular weight is 761 g/mol. The summed E-state index contributed by atoms with van der Waals surface area (Å²) in [4.78, 5) is 43.0. The molecule has 0 saturated carbocycles. The zero-order valence-corrected chi connectivity index (χ0v) is 32.6. The molecule has 1 heterocycles. The Balaban J connectivity index is 2.38. The number of esters is 2. The highest BCUT2D eigenvalue weighted by Gasteiger charge is 2.35. The first-order chi connectivity index (χ1) is 24.9. The topological polar surface area (TPSA) is 189 Å². The molecule has 1 unspecified atom stereocenters. The summed E-state index contributed by atoms with van der Waals surface area (Å²) < 4.78 is 31.9. The average Bonchev–Trinajstić information content (AvgIpc) is 3.09. The van der Waals surface area contributed by atoms with E-state index in [4.69, 9.17) is 24.0 Å². The molecule has 1 aliphatic heterocycles. The van der Waals surface area contributed by atoms with Gasteiger partial charge in [-0.15, -0.1) is 0 Å². The Morgan fingerprint density at radius 1 is 0.788 bits per heavy atom. The van der Waals surface area contributed by atoms with E-state index in [1.54, 1.807) is 12.2 Å². The van der Waals surface area contributed by atoms with Crippen LogP contribution in [0.5, 0.6) is 0 Å². The molecular formula is C39H69O12P. The highest BCUT2D eigenvalue weighted by atomic mass is 31.2. The molecule has 0 radical (unpaired) electrons. The predicted octanol–water partition coefficient (Wildman–Crippen LogP) is 7.51. The third kappa shape index (κ3) is 26.8. The minimum atomic E-state index is -4.82. The van der Waals surface area contributed by atoms with Crippen LogP contribution in [-0.2, 0) is 32.9 Å². The van der Waals surface area contributed by atoms with Crippen molar-refractivity contribution in [3.63, 3.8) is 0 Å². The van der Waals surface area contributed by atoms with Crippen LogP contribution in [0.1, 0.15) is 149 Å². The molecule has 1 fully saturated rings. The number of hydrogen-bond acceptors (Lipinski definition) is 10. The summed E-state index contributed by atoms with van der Waals surface area (Å²) in [6.45, 7) is 3.31. The van der Waals surface area contributed by atoms with Gasteiger partial charge in [-0.3, -0.25) is 14.1 Å². The molecule has 1 saturated heterocycles. The van der Waals surface area contributed by atoms with Crippen LogP contribution in [0.2, 0.25) is 0 Å². The Labute approximate surface area is 312 Å². The van der Waals surface area contributed by atoms with Gasteiger partial charge in [0.05, 0.1) is 24.9 Å². The molecule has 0 aromatic carbocycles. The van der Waals surface area contributed by atoms with E-state index in [1.165, 1.54) is 25.7 Å². The maximum atomic E-state index is 12.4. The van der Waals surface area contributed by atoms with Crippen molar-refractivity contribution in [1.82, 2.24) is 0 Å². The Morgan fingerprint density at radius 3 is 2.08 bits per heavy atom. The Hall–Kier alpha value is -1.89. The molecule has 52 heavy (non-hydrogen) atoms. The van der Waals surface area contributed by atoms with Crippen LogP contribution in [0.15, 0.2) is 36.5 Å². The SMILES string of the molecule is CCCCCC/C=C\CCCCCCCC(=O)O[C@H](COC(=O)CCC/C=C\C[C@H]1[C@@H](O)CC(O)O[C@@H]1/C=C/[C@@H](O)CCCCC)COP(=O)(O)O. The monoisotopic (exact) mass is 760 g/mol. The molecular weight excluding hydrogens is 691 g/mol. The van der Waals surface area contributed by atoms with Crippen molar-refractivity contribution in [1.29, 1.82) is 0 Å². The Morgan fingerprint density at radius 2 is 1.38 bits per heavy atom. The maximum Gasteiger partial charge on any atom is 0.469 e. The second-order valence-corrected chi connectivity index (χ2v) is 15.0. The first-order valence-electron chi connectivity index (χ1n) is 19.7. The maximum absolute atomic E-state index is 12.4. The zero-order valence-electron chi connectivity index (χ0n) is 31.7. The number of rotatable bonds is 31. The van der Waals surface area contributed by atoms with E-state index in [9.17, 15) is 29.5 Å². The van der Waals surface area contributed by atoms with Gasteiger partial charge in [-0.25, -0.2) is 4.57 Å². The molecule has 12 nitrogen and oxygen atoms in total. The van der Waals surface area contributed by atoms with Gasteiger partial charge >= 0.3 is 19.8 Å². The van der Waals surface area contributed by atoms with Crippen LogP contribution < -0.4 is 0 Å². The van der Waals surface area contributed by atoms with E-state index in [-0.39, 0.29) is 31.8 Å². The molecule has 0 bridgehead atoms. The van der Waals surface area contributed by atoms with Gasteiger partial charge in [0.25, 0.3) is 0 Å². The van der Waals surface area contributed by atoms with E-state index in [1.807, 2.05) is 12.2 Å². The first-order valence-corrected chi connectivity index (χ1v) is 21.2. The second-order valence-electron chi connectivity index (χ2n) is 13.8. The molecule has 6 atom stereocenters. The molecule has 5 N–H and O–H groups in total. The summed E-state index contributed by atoms with van der Waals surface area (Å²) in [7, 11) is -4.82. The van der Waals surface area contributed by atoms with Gasteiger partial charge in [-0.2, -0.15) is 0 Å². The molecule has 1 aliphatic rings. The van der Waals surface area contributed by atoms with Gasteiger partial charge in [-0.05, 0) is 57.8 Å². The molecule has 0 spiro atoms. The molecule has 0 aromatic rings. The van der Waals surface area contributed by atoms with E-state index in [0.29, 0.717) is 32.1 Å². The van der Waals surface area contributed by atoms with E-state index in [0.717, 1.165) is 57.8 Å². The van der Waals surface area contributed by atoms with Crippen LogP contribution in [0, 0.1) is 5.92 Å². The number of phosphoric acid groups is 1. The summed E-state index contributed by atoms with van der Waals surface area (Å²) in [5.41, 5.74) is 0. The standard InChI is InChI=1S/C39H69O12P/c1-3-5-7-8-9-10-11-12-13-14-15-16-22-26-38(43)50-33(31-49-52(45,46)47)30-48-37(42)25-21-18-17-20-24-34-35(41)29-39(44)51-36(34)28-27-32(40)23-19-6-4-2/h10-11,17,20,27-28,32-36,39-41,44H,3-9,12-16,18-19,21-26,29-31H2,1-2H3,(H2,45,46,47)/b11-10-,20-17-,28-27+/t32-,33+,34-,35-,36+,39?/m0/s1. The van der Waals surface area contributed by atoms with Gasteiger partial charge in [0, 0.05) is 25.2 Å². The quantitative estimate of drug-likeness (QED) is 0.0203. The number of aliphatic hydroxyl groups is 3. The number of aliphatic hydroxyl groups excluding tert-OH is 3. The molecule has 0 amide bonds. The number of phosphoric ester groups is 1. The number of hydrogen-bond donors (Lipinski definition) is 5. The van der Waals surface area contributed by atoms with E-state index < -0.39 is 57.1 Å². The molecule has 0 aromatic heterocycles. The summed E-state index contributed by atoms with van der Waals surface area (Å²) in [5, 5.41) is 30.8. The van der Waals surface area contributed by atoms with Crippen molar-refractivity contribution >= 4 is 19.8 Å². The smallest absolute Gasteiger partial charge is 0.462 e. The van der Waals surface area contributed by atoms with Gasteiger partial charge in [-0.1, -0.05) is 108 Å². The Bertz CT molecular complexity index is 1060. The van der Waals surface area contributed by atoms with Crippen molar-refractivity contribution in [3.8, 4) is 0 Å². The normalized spacial score (nSPS) is 20.9. The number of allylic oxidation sites excluding steroid dienone is 4. The fourth-order valence-corrected chi connectivity index (χ4v) is 6.24. The Kier molecular flexibility index (Phi) is 28.2. The van der Waals surface area contributed by atoms with Crippen LogP contribution in [0.4, 0.5) is 0 Å². The summed E-state index contributed by atoms with van der Waals surface area (Å²) >= 11 is 0. The van der Waals surface area contributed by atoms with Crippen molar-refractivity contribution in [3.05, 3.63) is 36.5 Å². The molecule has 302 valence electrons. The molecule has 1 rings (SSSR count). The largest absolute Gasteiger partial charge is 0.469 e.